The molecule has 1 aliphatic heterocycles. The number of anilines is 2. The molecule has 0 bridgehead atoms. The molecule has 1 atom stereocenters. The van der Waals surface area contributed by atoms with E-state index in [2.05, 4.69) is 5.32 Å². The van der Waals surface area contributed by atoms with Crippen LogP contribution in [0.5, 0.6) is 0 Å². The van der Waals surface area contributed by atoms with Crippen molar-refractivity contribution in [3.8, 4) is 11.3 Å². The van der Waals surface area contributed by atoms with E-state index in [0.717, 1.165) is 28.2 Å². The lowest BCUT2D eigenvalue weighted by Crippen LogP contribution is -2.28. The van der Waals surface area contributed by atoms with Crippen molar-refractivity contribution in [1.29, 1.82) is 0 Å². The van der Waals surface area contributed by atoms with Crippen molar-refractivity contribution in [1.82, 2.24) is 9.38 Å². The van der Waals surface area contributed by atoms with Gasteiger partial charge in [-0.25, -0.2) is 4.98 Å². The molecule has 6 nitrogen and oxygen atoms in total. The molecule has 2 aromatic heterocycles. The van der Waals surface area contributed by atoms with Gasteiger partial charge >= 0.3 is 0 Å². The Morgan fingerprint density at radius 3 is 2.75 bits per heavy atom. The summed E-state index contributed by atoms with van der Waals surface area (Å²) in [6.07, 6.45) is 4.13. The van der Waals surface area contributed by atoms with Gasteiger partial charge in [-0.2, -0.15) is 0 Å². The summed E-state index contributed by atoms with van der Waals surface area (Å²) in [6.45, 7) is 2.38. The molecule has 32 heavy (non-hydrogen) atoms. The first-order valence-electron chi connectivity index (χ1n) is 10.4. The van der Waals surface area contributed by atoms with Crippen LogP contribution in [0.1, 0.15) is 12.0 Å². The van der Waals surface area contributed by atoms with Crippen LogP contribution in [0.4, 0.5) is 11.4 Å². The van der Waals surface area contributed by atoms with E-state index in [-0.39, 0.29) is 18.2 Å². The molecule has 0 spiro atoms. The van der Waals surface area contributed by atoms with Crippen LogP contribution in [0.15, 0.2) is 73.1 Å². The Bertz CT molecular complexity index is 1330. The van der Waals surface area contributed by atoms with Gasteiger partial charge in [0.1, 0.15) is 5.65 Å². The van der Waals surface area contributed by atoms with E-state index in [1.54, 1.807) is 29.2 Å². The number of carbonyl (C=O) groups is 2. The quantitative estimate of drug-likeness (QED) is 0.484. The Labute approximate surface area is 190 Å². The van der Waals surface area contributed by atoms with Gasteiger partial charge in [0.15, 0.2) is 0 Å². The Morgan fingerprint density at radius 2 is 1.94 bits per heavy atom. The lowest BCUT2D eigenvalue weighted by Gasteiger charge is -2.17. The van der Waals surface area contributed by atoms with Crippen molar-refractivity contribution >= 4 is 40.4 Å². The van der Waals surface area contributed by atoms with Crippen LogP contribution in [0, 0.1) is 12.8 Å². The molecule has 3 heterocycles. The monoisotopic (exact) mass is 444 g/mol. The third-order valence-corrected chi connectivity index (χ3v) is 5.93. The van der Waals surface area contributed by atoms with Crippen molar-refractivity contribution < 1.29 is 9.59 Å². The minimum atomic E-state index is -0.417. The molecule has 160 valence electrons. The Hall–Kier alpha value is -3.64. The molecule has 0 unspecified atom stereocenters. The maximum absolute atomic E-state index is 12.9. The molecular formula is C25H21ClN4O2. The van der Waals surface area contributed by atoms with Gasteiger partial charge in [-0.1, -0.05) is 23.7 Å². The van der Waals surface area contributed by atoms with E-state index < -0.39 is 5.92 Å². The number of halogens is 1. The molecule has 2 amide bonds. The zero-order valence-electron chi connectivity index (χ0n) is 17.5. The summed E-state index contributed by atoms with van der Waals surface area (Å²) < 4.78 is 1.98. The predicted octanol–water partition coefficient (Wildman–Crippen LogP) is 4.95. The number of hydrogen-bond acceptors (Lipinski definition) is 3. The van der Waals surface area contributed by atoms with E-state index in [9.17, 15) is 9.59 Å². The molecule has 1 N–H and O–H groups in total. The van der Waals surface area contributed by atoms with E-state index in [1.807, 2.05) is 60.1 Å². The van der Waals surface area contributed by atoms with Gasteiger partial charge in [0.05, 0.1) is 11.6 Å². The fourth-order valence-electron chi connectivity index (χ4n) is 3.98. The van der Waals surface area contributed by atoms with Crippen LogP contribution in [-0.2, 0) is 9.59 Å². The molecule has 4 aromatic rings. The molecule has 0 radical (unpaired) electrons. The minimum absolute atomic E-state index is 0.0683. The number of rotatable bonds is 4. The van der Waals surface area contributed by atoms with Crippen LogP contribution in [-0.4, -0.2) is 27.7 Å². The van der Waals surface area contributed by atoms with Crippen LogP contribution in [0.25, 0.3) is 16.9 Å². The summed E-state index contributed by atoms with van der Waals surface area (Å²) >= 11 is 5.94. The molecule has 7 heteroatoms. The number of nitrogens with one attached hydrogen (secondary N) is 1. The number of aryl methyl sites for hydroxylation is 1. The average Bonchev–Trinajstić information content (AvgIpc) is 3.38. The summed E-state index contributed by atoms with van der Waals surface area (Å²) in [7, 11) is 0. The summed E-state index contributed by atoms with van der Waals surface area (Å²) in [5, 5.41) is 3.57. The molecular weight excluding hydrogens is 424 g/mol. The third kappa shape index (κ3) is 3.97. The summed E-state index contributed by atoms with van der Waals surface area (Å²) in [5.74, 6) is -0.654. The van der Waals surface area contributed by atoms with Gasteiger partial charge < -0.3 is 14.6 Å². The van der Waals surface area contributed by atoms with Crippen molar-refractivity contribution in [3.05, 3.63) is 83.6 Å². The van der Waals surface area contributed by atoms with Gasteiger partial charge in [-0.3, -0.25) is 9.59 Å². The highest BCUT2D eigenvalue weighted by atomic mass is 35.5. The Morgan fingerprint density at radius 1 is 1.12 bits per heavy atom. The second-order valence-corrected chi connectivity index (χ2v) is 8.48. The highest BCUT2D eigenvalue weighted by molar-refractivity contribution is 6.30. The zero-order valence-corrected chi connectivity index (χ0v) is 18.2. The topological polar surface area (TPSA) is 66.7 Å². The SMILES string of the molecule is Cc1ccn2cc(-c3cccc(NC(=O)[C@H]4CC(=O)N(c5ccc(Cl)cc5)C4)c3)nc2c1. The Balaban J connectivity index is 1.31. The summed E-state index contributed by atoms with van der Waals surface area (Å²) in [5.41, 5.74) is 5.19. The summed E-state index contributed by atoms with van der Waals surface area (Å²) in [6, 6.07) is 18.7. The number of fused-ring (bicyclic) bond motifs is 1. The first-order chi connectivity index (χ1) is 15.5. The summed E-state index contributed by atoms with van der Waals surface area (Å²) in [4.78, 5) is 31.7. The normalized spacial score (nSPS) is 16.0. The number of nitrogens with zero attached hydrogens (tertiary/aromatic N) is 3. The van der Waals surface area contributed by atoms with E-state index in [1.165, 1.54) is 0 Å². The lowest BCUT2D eigenvalue weighted by atomic mass is 10.1. The lowest BCUT2D eigenvalue weighted by molar-refractivity contribution is -0.122. The highest BCUT2D eigenvalue weighted by Crippen LogP contribution is 2.28. The smallest absolute Gasteiger partial charge is 0.229 e. The van der Waals surface area contributed by atoms with Crippen molar-refractivity contribution in [2.24, 2.45) is 5.92 Å². The largest absolute Gasteiger partial charge is 0.326 e. The van der Waals surface area contributed by atoms with Gasteiger partial charge in [-0.15, -0.1) is 0 Å². The number of amides is 2. The molecule has 1 fully saturated rings. The fourth-order valence-corrected chi connectivity index (χ4v) is 4.10. The van der Waals surface area contributed by atoms with Crippen LogP contribution >= 0.6 is 11.6 Å². The van der Waals surface area contributed by atoms with Gasteiger partial charge in [-0.05, 0) is 61.0 Å². The third-order valence-electron chi connectivity index (χ3n) is 5.68. The Kier molecular flexibility index (Phi) is 5.15. The number of imidazole rings is 1. The standard InChI is InChI=1S/C25H21ClN4O2/c1-16-9-10-29-15-22(28-23(29)11-16)17-3-2-4-20(12-17)27-25(32)18-13-24(31)30(14-18)21-7-5-19(26)6-8-21/h2-12,15,18H,13-14H2,1H3,(H,27,32)/t18-/m0/s1. The first-order valence-corrected chi connectivity index (χ1v) is 10.8. The molecule has 1 saturated heterocycles. The second kappa shape index (κ2) is 8.13. The van der Waals surface area contributed by atoms with Gasteiger partial charge in [0.25, 0.3) is 0 Å². The van der Waals surface area contributed by atoms with Crippen LogP contribution < -0.4 is 10.2 Å². The van der Waals surface area contributed by atoms with Crippen molar-refractivity contribution in [2.45, 2.75) is 13.3 Å². The highest BCUT2D eigenvalue weighted by Gasteiger charge is 2.35. The number of hydrogen-bond donors (Lipinski definition) is 1. The van der Waals surface area contributed by atoms with Crippen molar-refractivity contribution in [3.63, 3.8) is 0 Å². The molecule has 1 aliphatic rings. The molecule has 0 saturated carbocycles. The average molecular weight is 445 g/mol. The van der Waals surface area contributed by atoms with Crippen LogP contribution in [0.3, 0.4) is 0 Å². The van der Waals surface area contributed by atoms with Crippen LogP contribution in [0.2, 0.25) is 5.02 Å². The minimum Gasteiger partial charge on any atom is -0.326 e. The molecule has 0 aliphatic carbocycles. The number of carbonyl (C=O) groups excluding carboxylic acids is 2. The van der Waals surface area contributed by atoms with E-state index in [0.29, 0.717) is 17.3 Å². The molecule has 2 aromatic carbocycles. The van der Waals surface area contributed by atoms with Gasteiger partial charge in [0, 0.05) is 47.3 Å². The first kappa shape index (κ1) is 20.3. The maximum atomic E-state index is 12.9. The zero-order chi connectivity index (χ0) is 22.2. The number of aromatic nitrogens is 2. The maximum Gasteiger partial charge on any atom is 0.229 e. The predicted molar refractivity (Wildman–Crippen MR) is 126 cm³/mol. The molecule has 5 rings (SSSR count). The van der Waals surface area contributed by atoms with E-state index in [4.69, 9.17) is 16.6 Å². The fraction of sp³-hybridized carbons (Fsp3) is 0.160. The van der Waals surface area contributed by atoms with Gasteiger partial charge in [0.2, 0.25) is 11.8 Å². The van der Waals surface area contributed by atoms with Crippen molar-refractivity contribution in [2.75, 3.05) is 16.8 Å². The second-order valence-electron chi connectivity index (χ2n) is 8.05. The number of benzene rings is 2. The number of pyridine rings is 1. The van der Waals surface area contributed by atoms with E-state index >= 15 is 0 Å².